The molecule has 128 valence electrons. The lowest BCUT2D eigenvalue weighted by atomic mass is 10.2. The Hall–Kier alpha value is -3.10. The summed E-state index contributed by atoms with van der Waals surface area (Å²) in [6.07, 6.45) is 9.94. The topological polar surface area (TPSA) is 84.7 Å². The van der Waals surface area contributed by atoms with Gasteiger partial charge in [-0.25, -0.2) is 9.67 Å². The molecule has 9 heteroatoms. The van der Waals surface area contributed by atoms with Crippen molar-refractivity contribution in [2.45, 2.75) is 25.8 Å². The van der Waals surface area contributed by atoms with Crippen LogP contribution in [0.4, 0.5) is 21.8 Å². The van der Waals surface area contributed by atoms with E-state index in [1.165, 1.54) is 17.1 Å². The minimum atomic E-state index is -0.504. The van der Waals surface area contributed by atoms with Crippen molar-refractivity contribution in [2.24, 2.45) is 0 Å². The second-order valence-electron chi connectivity index (χ2n) is 5.86. The maximum absolute atomic E-state index is 15.1. The average Bonchev–Trinajstić information content (AvgIpc) is 3.29. The molecule has 1 atom stereocenters. The van der Waals surface area contributed by atoms with Crippen molar-refractivity contribution in [1.82, 2.24) is 29.7 Å². The largest absolute Gasteiger partial charge is 0.351 e. The van der Waals surface area contributed by atoms with Gasteiger partial charge in [-0.05, 0) is 25.8 Å². The SMILES string of the molecule is CC1CCCN1c1nc(-n2cccn2)nc(Nc2cnccn2)c1F. The van der Waals surface area contributed by atoms with E-state index in [2.05, 4.69) is 37.3 Å². The summed E-state index contributed by atoms with van der Waals surface area (Å²) in [5.41, 5.74) is 0. The normalized spacial score (nSPS) is 17.0. The van der Waals surface area contributed by atoms with Crippen molar-refractivity contribution in [3.63, 3.8) is 0 Å². The molecule has 0 amide bonds. The Morgan fingerprint density at radius 3 is 2.84 bits per heavy atom. The molecular weight excluding hydrogens is 323 g/mol. The molecule has 1 aliphatic heterocycles. The lowest BCUT2D eigenvalue weighted by Gasteiger charge is -2.24. The molecule has 3 aromatic rings. The van der Waals surface area contributed by atoms with Crippen LogP contribution in [0.2, 0.25) is 0 Å². The van der Waals surface area contributed by atoms with Gasteiger partial charge in [0.15, 0.2) is 11.6 Å². The Labute approximate surface area is 143 Å². The molecule has 0 bridgehead atoms. The number of rotatable bonds is 4. The summed E-state index contributed by atoms with van der Waals surface area (Å²) in [6.45, 7) is 2.83. The van der Waals surface area contributed by atoms with Crippen LogP contribution in [0.5, 0.6) is 0 Å². The molecule has 1 N–H and O–H groups in total. The summed E-state index contributed by atoms with van der Waals surface area (Å²) in [5.74, 6) is 0.529. The van der Waals surface area contributed by atoms with Crippen molar-refractivity contribution >= 4 is 17.5 Å². The second-order valence-corrected chi connectivity index (χ2v) is 5.86. The van der Waals surface area contributed by atoms with E-state index in [1.807, 2.05) is 4.90 Å². The highest BCUT2D eigenvalue weighted by molar-refractivity contribution is 5.59. The van der Waals surface area contributed by atoms with Gasteiger partial charge in [-0.15, -0.1) is 0 Å². The van der Waals surface area contributed by atoms with Crippen LogP contribution in [0.3, 0.4) is 0 Å². The zero-order valence-corrected chi connectivity index (χ0v) is 13.7. The van der Waals surface area contributed by atoms with E-state index >= 15 is 4.39 Å². The van der Waals surface area contributed by atoms with Crippen molar-refractivity contribution in [3.8, 4) is 5.95 Å². The molecule has 1 unspecified atom stereocenters. The molecule has 1 saturated heterocycles. The first-order valence-electron chi connectivity index (χ1n) is 8.09. The number of nitrogens with one attached hydrogen (secondary N) is 1. The molecule has 0 radical (unpaired) electrons. The Kier molecular flexibility index (Phi) is 3.96. The smallest absolute Gasteiger partial charge is 0.254 e. The summed E-state index contributed by atoms with van der Waals surface area (Å²) in [6, 6.07) is 1.99. The van der Waals surface area contributed by atoms with Crippen LogP contribution < -0.4 is 10.2 Å². The number of halogens is 1. The van der Waals surface area contributed by atoms with E-state index in [0.717, 1.165) is 19.4 Å². The predicted molar refractivity (Wildman–Crippen MR) is 90.5 cm³/mol. The fourth-order valence-electron chi connectivity index (χ4n) is 2.92. The highest BCUT2D eigenvalue weighted by Crippen LogP contribution is 2.30. The van der Waals surface area contributed by atoms with Crippen LogP contribution in [-0.2, 0) is 0 Å². The maximum Gasteiger partial charge on any atom is 0.254 e. The molecule has 4 rings (SSSR count). The molecule has 0 aliphatic carbocycles. The average molecular weight is 340 g/mol. The second kappa shape index (κ2) is 6.42. The Morgan fingerprint density at radius 1 is 1.24 bits per heavy atom. The van der Waals surface area contributed by atoms with Gasteiger partial charge in [0.1, 0.15) is 5.82 Å². The third-order valence-corrected chi connectivity index (χ3v) is 4.17. The Bertz CT molecular complexity index is 852. The zero-order chi connectivity index (χ0) is 17.2. The first-order chi connectivity index (χ1) is 12.2. The van der Waals surface area contributed by atoms with Gasteiger partial charge in [-0.1, -0.05) is 0 Å². The van der Waals surface area contributed by atoms with Gasteiger partial charge >= 0.3 is 0 Å². The fourth-order valence-corrected chi connectivity index (χ4v) is 2.92. The highest BCUT2D eigenvalue weighted by atomic mass is 19.1. The minimum absolute atomic E-state index is 0.0510. The van der Waals surface area contributed by atoms with Crippen molar-refractivity contribution < 1.29 is 4.39 Å². The molecule has 0 aromatic carbocycles. The quantitative estimate of drug-likeness (QED) is 0.780. The van der Waals surface area contributed by atoms with Crippen molar-refractivity contribution in [1.29, 1.82) is 0 Å². The molecule has 8 nitrogen and oxygen atoms in total. The molecule has 1 aliphatic rings. The van der Waals surface area contributed by atoms with Gasteiger partial charge in [0, 0.05) is 37.4 Å². The van der Waals surface area contributed by atoms with Crippen LogP contribution in [0.15, 0.2) is 37.1 Å². The van der Waals surface area contributed by atoms with Crippen LogP contribution in [0.1, 0.15) is 19.8 Å². The van der Waals surface area contributed by atoms with Gasteiger partial charge in [0.25, 0.3) is 5.95 Å². The van der Waals surface area contributed by atoms with Crippen LogP contribution >= 0.6 is 0 Å². The van der Waals surface area contributed by atoms with Gasteiger partial charge in [-0.3, -0.25) is 4.98 Å². The standard InChI is InChI=1S/C16H17FN8/c1-11-4-2-8-24(11)15-13(17)14(21-12-10-18-6-7-19-12)22-16(23-15)25-9-3-5-20-25/h3,5-7,9-11H,2,4,8H2,1H3,(H,19,21,22,23). The fraction of sp³-hybridized carbons (Fsp3) is 0.312. The summed E-state index contributed by atoms with van der Waals surface area (Å²) in [4.78, 5) is 18.7. The number of aromatic nitrogens is 6. The molecule has 4 heterocycles. The maximum atomic E-state index is 15.1. The van der Waals surface area contributed by atoms with E-state index in [4.69, 9.17) is 0 Å². The Balaban J connectivity index is 1.80. The minimum Gasteiger partial charge on any atom is -0.351 e. The van der Waals surface area contributed by atoms with Crippen LogP contribution in [-0.4, -0.2) is 42.3 Å². The summed E-state index contributed by atoms with van der Waals surface area (Å²) in [5, 5.41) is 7.03. The molecule has 1 fully saturated rings. The molecule has 3 aromatic heterocycles. The van der Waals surface area contributed by atoms with E-state index in [9.17, 15) is 0 Å². The number of hydrogen-bond donors (Lipinski definition) is 1. The molecule has 0 saturated carbocycles. The predicted octanol–water partition coefficient (Wildman–Crippen LogP) is 2.32. The van der Waals surface area contributed by atoms with Crippen molar-refractivity contribution in [3.05, 3.63) is 42.9 Å². The third-order valence-electron chi connectivity index (χ3n) is 4.17. The lowest BCUT2D eigenvalue weighted by molar-refractivity contribution is 0.597. The zero-order valence-electron chi connectivity index (χ0n) is 13.7. The number of anilines is 3. The van der Waals surface area contributed by atoms with Crippen molar-refractivity contribution in [2.75, 3.05) is 16.8 Å². The molecule has 0 spiro atoms. The summed E-state index contributed by atoms with van der Waals surface area (Å²) in [7, 11) is 0. The number of nitrogens with zero attached hydrogens (tertiary/aromatic N) is 7. The Morgan fingerprint density at radius 2 is 2.16 bits per heavy atom. The van der Waals surface area contributed by atoms with Gasteiger partial charge < -0.3 is 10.2 Å². The van der Waals surface area contributed by atoms with Crippen LogP contribution in [0, 0.1) is 5.82 Å². The lowest BCUT2D eigenvalue weighted by Crippen LogP contribution is -2.29. The third kappa shape index (κ3) is 3.00. The van der Waals surface area contributed by atoms with Gasteiger partial charge in [-0.2, -0.15) is 19.5 Å². The van der Waals surface area contributed by atoms with E-state index < -0.39 is 5.82 Å². The van der Waals surface area contributed by atoms with E-state index in [1.54, 1.807) is 24.7 Å². The van der Waals surface area contributed by atoms with Gasteiger partial charge in [0.05, 0.1) is 6.20 Å². The first-order valence-corrected chi connectivity index (χ1v) is 8.09. The number of hydrogen-bond acceptors (Lipinski definition) is 7. The summed E-state index contributed by atoms with van der Waals surface area (Å²) >= 11 is 0. The monoisotopic (exact) mass is 340 g/mol. The van der Waals surface area contributed by atoms with E-state index in [0.29, 0.717) is 11.8 Å². The van der Waals surface area contributed by atoms with Gasteiger partial charge in [0.2, 0.25) is 5.82 Å². The highest BCUT2D eigenvalue weighted by Gasteiger charge is 2.27. The van der Waals surface area contributed by atoms with E-state index in [-0.39, 0.29) is 17.7 Å². The summed E-state index contributed by atoms with van der Waals surface area (Å²) < 4.78 is 16.6. The first kappa shape index (κ1) is 15.4. The molecule has 25 heavy (non-hydrogen) atoms. The van der Waals surface area contributed by atoms with Crippen LogP contribution in [0.25, 0.3) is 5.95 Å². The molecular formula is C16H17FN8.